The lowest BCUT2D eigenvalue weighted by Crippen LogP contribution is -2.28. The third kappa shape index (κ3) is 4.49. The van der Waals surface area contributed by atoms with E-state index in [4.69, 9.17) is 4.52 Å². The number of carbonyl (C=O) groups excluding carboxylic acids is 1. The number of carbonyl (C=O) groups is 1. The van der Waals surface area contributed by atoms with Crippen molar-refractivity contribution in [2.75, 3.05) is 18.4 Å². The van der Waals surface area contributed by atoms with Gasteiger partial charge in [0.05, 0.1) is 4.92 Å². The minimum Gasteiger partial charge on any atom is -0.378 e. The lowest BCUT2D eigenvalue weighted by atomic mass is 10.1. The molecule has 1 amide bonds. The van der Waals surface area contributed by atoms with Crippen molar-refractivity contribution in [3.8, 4) is 11.3 Å². The molecule has 3 aromatic rings. The summed E-state index contributed by atoms with van der Waals surface area (Å²) in [7, 11) is 0. The highest BCUT2D eigenvalue weighted by Crippen LogP contribution is 2.22. The third-order valence-electron chi connectivity index (χ3n) is 3.91. The molecule has 0 aliphatic heterocycles. The summed E-state index contributed by atoms with van der Waals surface area (Å²) in [6, 6.07) is 15.6. The van der Waals surface area contributed by atoms with Gasteiger partial charge in [-0.15, -0.1) is 0 Å². The minimum atomic E-state index is -0.456. The van der Waals surface area contributed by atoms with E-state index in [0.717, 1.165) is 11.1 Å². The summed E-state index contributed by atoms with van der Waals surface area (Å²) in [5.41, 5.74) is 2.96. The monoisotopic (exact) mass is 366 g/mol. The summed E-state index contributed by atoms with van der Waals surface area (Å²) in [6.45, 7) is 2.59. The lowest BCUT2D eigenvalue weighted by molar-refractivity contribution is -0.384. The van der Waals surface area contributed by atoms with Crippen LogP contribution in [-0.2, 0) is 0 Å². The van der Waals surface area contributed by atoms with Crippen LogP contribution in [0, 0.1) is 17.0 Å². The second-order valence-electron chi connectivity index (χ2n) is 5.90. The van der Waals surface area contributed by atoms with Crippen LogP contribution in [0.5, 0.6) is 0 Å². The average Bonchev–Trinajstić information content (AvgIpc) is 3.16. The van der Waals surface area contributed by atoms with Crippen LogP contribution in [0.3, 0.4) is 0 Å². The molecule has 2 N–H and O–H groups in total. The Hall–Kier alpha value is -3.68. The van der Waals surface area contributed by atoms with Gasteiger partial charge in [0.15, 0.2) is 0 Å². The topological polar surface area (TPSA) is 110 Å². The van der Waals surface area contributed by atoms with Crippen molar-refractivity contribution in [1.82, 2.24) is 10.5 Å². The molecule has 1 heterocycles. The molecule has 2 aromatic carbocycles. The number of nitrogens with zero attached hydrogens (tertiary/aromatic N) is 2. The molecular weight excluding hydrogens is 348 g/mol. The molecule has 0 spiro atoms. The molecule has 0 fully saturated rings. The van der Waals surface area contributed by atoms with E-state index in [2.05, 4.69) is 15.8 Å². The number of rotatable bonds is 7. The summed E-state index contributed by atoms with van der Waals surface area (Å²) >= 11 is 0. The number of benzene rings is 2. The fraction of sp³-hybridized carbons (Fsp3) is 0.158. The Morgan fingerprint density at radius 3 is 2.63 bits per heavy atom. The summed E-state index contributed by atoms with van der Waals surface area (Å²) in [6.07, 6.45) is 0. The highest BCUT2D eigenvalue weighted by atomic mass is 16.6. The highest BCUT2D eigenvalue weighted by Gasteiger charge is 2.14. The van der Waals surface area contributed by atoms with E-state index >= 15 is 0 Å². The fourth-order valence-corrected chi connectivity index (χ4v) is 2.49. The molecule has 0 aliphatic rings. The fourth-order valence-electron chi connectivity index (χ4n) is 2.49. The Balaban J connectivity index is 1.53. The Kier molecular flexibility index (Phi) is 5.46. The van der Waals surface area contributed by atoms with Crippen molar-refractivity contribution in [2.45, 2.75) is 6.92 Å². The van der Waals surface area contributed by atoms with Crippen LogP contribution in [0.15, 0.2) is 59.1 Å². The second-order valence-corrected chi connectivity index (χ2v) is 5.90. The SMILES string of the molecule is Cc1ccc(-c2cc(C(=O)NCCNc3ccccc3[N+](=O)[O-])on2)cc1. The predicted molar refractivity (Wildman–Crippen MR) is 101 cm³/mol. The predicted octanol–water partition coefficient (Wildman–Crippen LogP) is 3.40. The van der Waals surface area contributed by atoms with Gasteiger partial charge >= 0.3 is 0 Å². The van der Waals surface area contributed by atoms with Crippen LogP contribution in [0.25, 0.3) is 11.3 Å². The number of para-hydroxylation sites is 2. The molecule has 0 atom stereocenters. The van der Waals surface area contributed by atoms with Crippen molar-refractivity contribution in [3.63, 3.8) is 0 Å². The largest absolute Gasteiger partial charge is 0.378 e. The maximum atomic E-state index is 12.1. The number of hydrogen-bond donors (Lipinski definition) is 2. The molecule has 27 heavy (non-hydrogen) atoms. The molecule has 0 radical (unpaired) electrons. The number of amides is 1. The van der Waals surface area contributed by atoms with Crippen LogP contribution in [0.1, 0.15) is 16.1 Å². The normalized spacial score (nSPS) is 10.4. The van der Waals surface area contributed by atoms with Crippen LogP contribution in [0.2, 0.25) is 0 Å². The standard InChI is InChI=1S/C19H18N4O4/c1-13-6-8-14(9-7-13)16-12-18(27-22-16)19(24)21-11-10-20-15-4-2-3-5-17(15)23(25)26/h2-9,12,20H,10-11H2,1H3,(H,21,24). The molecule has 0 unspecified atom stereocenters. The second kappa shape index (κ2) is 8.13. The van der Waals surface area contributed by atoms with Gasteiger partial charge in [0, 0.05) is 30.8 Å². The summed E-state index contributed by atoms with van der Waals surface area (Å²) in [5, 5.41) is 20.5. The van der Waals surface area contributed by atoms with E-state index in [0.29, 0.717) is 17.9 Å². The van der Waals surface area contributed by atoms with Crippen LogP contribution in [0.4, 0.5) is 11.4 Å². The maximum Gasteiger partial charge on any atom is 0.292 e. The number of aryl methyl sites for hydroxylation is 1. The van der Waals surface area contributed by atoms with Gasteiger partial charge in [-0.2, -0.15) is 0 Å². The van der Waals surface area contributed by atoms with Crippen molar-refractivity contribution in [1.29, 1.82) is 0 Å². The third-order valence-corrected chi connectivity index (χ3v) is 3.91. The van der Waals surface area contributed by atoms with Crippen molar-refractivity contribution >= 4 is 17.3 Å². The van der Waals surface area contributed by atoms with E-state index in [1.54, 1.807) is 24.3 Å². The lowest BCUT2D eigenvalue weighted by Gasteiger charge is -2.07. The zero-order valence-corrected chi connectivity index (χ0v) is 14.6. The average molecular weight is 366 g/mol. The smallest absolute Gasteiger partial charge is 0.292 e. The number of aromatic nitrogens is 1. The maximum absolute atomic E-state index is 12.1. The van der Waals surface area contributed by atoms with E-state index < -0.39 is 10.8 Å². The van der Waals surface area contributed by atoms with E-state index in [9.17, 15) is 14.9 Å². The molecule has 3 rings (SSSR count). The quantitative estimate of drug-likeness (QED) is 0.377. The summed E-state index contributed by atoms with van der Waals surface area (Å²) in [5.74, 6) is -0.290. The molecule has 0 bridgehead atoms. The van der Waals surface area contributed by atoms with Gasteiger partial charge in [-0.25, -0.2) is 0 Å². The minimum absolute atomic E-state index is 0.0122. The molecular formula is C19H18N4O4. The zero-order chi connectivity index (χ0) is 19.2. The summed E-state index contributed by atoms with van der Waals surface area (Å²) < 4.78 is 5.11. The molecule has 8 nitrogen and oxygen atoms in total. The molecule has 0 saturated carbocycles. The first-order valence-electron chi connectivity index (χ1n) is 8.34. The van der Waals surface area contributed by atoms with E-state index in [1.165, 1.54) is 6.07 Å². The number of nitro benzene ring substituents is 1. The van der Waals surface area contributed by atoms with Gasteiger partial charge in [-0.3, -0.25) is 14.9 Å². The summed E-state index contributed by atoms with van der Waals surface area (Å²) in [4.78, 5) is 22.7. The molecule has 138 valence electrons. The molecule has 8 heteroatoms. The number of hydrogen-bond acceptors (Lipinski definition) is 6. The number of nitrogens with one attached hydrogen (secondary N) is 2. The molecule has 0 saturated heterocycles. The Morgan fingerprint density at radius 2 is 1.89 bits per heavy atom. The zero-order valence-electron chi connectivity index (χ0n) is 14.6. The Labute approximate surface area is 155 Å². The van der Waals surface area contributed by atoms with Gasteiger partial charge in [-0.05, 0) is 13.0 Å². The van der Waals surface area contributed by atoms with Crippen molar-refractivity contribution < 1.29 is 14.2 Å². The van der Waals surface area contributed by atoms with Crippen LogP contribution >= 0.6 is 0 Å². The number of anilines is 1. The molecule has 1 aromatic heterocycles. The first kappa shape index (κ1) is 18.1. The highest BCUT2D eigenvalue weighted by molar-refractivity contribution is 5.92. The molecule has 0 aliphatic carbocycles. The first-order chi connectivity index (χ1) is 13.0. The van der Waals surface area contributed by atoms with Crippen LogP contribution in [-0.4, -0.2) is 29.1 Å². The first-order valence-corrected chi connectivity index (χ1v) is 8.34. The van der Waals surface area contributed by atoms with Gasteiger partial charge < -0.3 is 15.2 Å². The van der Waals surface area contributed by atoms with Crippen molar-refractivity contribution in [3.05, 3.63) is 76.0 Å². The number of nitro groups is 1. The van der Waals surface area contributed by atoms with Gasteiger partial charge in [0.1, 0.15) is 11.4 Å². The van der Waals surface area contributed by atoms with Gasteiger partial charge in [0.2, 0.25) is 5.76 Å². The van der Waals surface area contributed by atoms with E-state index in [-0.39, 0.29) is 18.0 Å². The Bertz CT molecular complexity index is 950. The van der Waals surface area contributed by atoms with Crippen LogP contribution < -0.4 is 10.6 Å². The van der Waals surface area contributed by atoms with Crippen molar-refractivity contribution in [2.24, 2.45) is 0 Å². The van der Waals surface area contributed by atoms with Gasteiger partial charge in [0.25, 0.3) is 11.6 Å². The van der Waals surface area contributed by atoms with Gasteiger partial charge in [-0.1, -0.05) is 47.1 Å². The van der Waals surface area contributed by atoms with E-state index in [1.807, 2.05) is 31.2 Å². The Morgan fingerprint density at radius 1 is 1.15 bits per heavy atom.